The minimum atomic E-state index is -2.01. The number of hydrogen-bond donors (Lipinski definition) is 1. The van der Waals surface area contributed by atoms with Gasteiger partial charge in [0.25, 0.3) is 5.91 Å². The number of morpholine rings is 1. The number of anilines is 1. The number of benzene rings is 2. The highest BCUT2D eigenvalue weighted by molar-refractivity contribution is 5.95. The van der Waals surface area contributed by atoms with Gasteiger partial charge in [-0.2, -0.15) is 0 Å². The van der Waals surface area contributed by atoms with Gasteiger partial charge in [-0.3, -0.25) is 14.5 Å². The van der Waals surface area contributed by atoms with E-state index in [0.29, 0.717) is 74.3 Å². The number of piperidine rings is 1. The molecule has 2 atom stereocenters. The standard InChI is InChI=1S/C31H33F3N2O5/c1-2-40-23-7-8-24(25-15-27(33)28(34)16-26(25)32)21(14-23)17-35-11-9-31(10-12-35)19-36(29(37)18-41-31)22-5-3-20(4-6-22)13-30(38)39/h3-8,14-16,27-28H,2,9-13,17-19H2,1H3,(H,38,39). The Balaban J connectivity index is 1.29. The van der Waals surface area contributed by atoms with Gasteiger partial charge in [0.2, 0.25) is 0 Å². The predicted octanol–water partition coefficient (Wildman–Crippen LogP) is 5.04. The fraction of sp³-hybridized carbons (Fsp3) is 0.419. The lowest BCUT2D eigenvalue weighted by Crippen LogP contribution is -2.58. The summed E-state index contributed by atoms with van der Waals surface area (Å²) in [5.74, 6) is -1.25. The Bertz CT molecular complexity index is 1350. The van der Waals surface area contributed by atoms with Crippen molar-refractivity contribution < 1.29 is 37.3 Å². The van der Waals surface area contributed by atoms with Crippen molar-refractivity contribution in [2.45, 2.75) is 50.7 Å². The van der Waals surface area contributed by atoms with Crippen LogP contribution in [0.1, 0.15) is 36.5 Å². The SMILES string of the molecule is CCOc1ccc(C2=CC(F)C(F)C=C2F)c(CN2CCC3(CC2)CN(c2ccc(CC(=O)O)cc2)C(=O)CO3)c1. The highest BCUT2D eigenvalue weighted by Crippen LogP contribution is 2.37. The summed E-state index contributed by atoms with van der Waals surface area (Å²) in [5, 5.41) is 9.02. The number of aliphatic carboxylic acids is 1. The molecule has 0 radical (unpaired) electrons. The van der Waals surface area contributed by atoms with E-state index < -0.39 is 29.7 Å². The Morgan fingerprint density at radius 1 is 1.10 bits per heavy atom. The van der Waals surface area contributed by atoms with Crippen LogP contribution in [0.25, 0.3) is 5.57 Å². The average molecular weight is 571 g/mol. The molecule has 2 aliphatic heterocycles. The number of ether oxygens (including phenoxy) is 2. The molecule has 218 valence electrons. The van der Waals surface area contributed by atoms with Crippen LogP contribution in [0.2, 0.25) is 0 Å². The number of halogens is 3. The van der Waals surface area contributed by atoms with E-state index in [1.54, 1.807) is 41.3 Å². The van der Waals surface area contributed by atoms with Crippen molar-refractivity contribution in [1.82, 2.24) is 4.90 Å². The van der Waals surface area contributed by atoms with Crippen molar-refractivity contribution in [2.24, 2.45) is 0 Å². The normalized spacial score (nSPS) is 22.8. The summed E-state index contributed by atoms with van der Waals surface area (Å²) >= 11 is 0. The van der Waals surface area contributed by atoms with Crippen LogP contribution >= 0.6 is 0 Å². The number of carboxylic acids is 1. The molecule has 1 amide bonds. The van der Waals surface area contributed by atoms with E-state index in [2.05, 4.69) is 4.90 Å². The lowest BCUT2D eigenvalue weighted by atomic mass is 9.88. The number of carbonyl (C=O) groups is 2. The maximum Gasteiger partial charge on any atom is 0.307 e. The van der Waals surface area contributed by atoms with Crippen LogP contribution in [0, 0.1) is 0 Å². The van der Waals surface area contributed by atoms with E-state index in [-0.39, 0.29) is 24.5 Å². The van der Waals surface area contributed by atoms with Crippen molar-refractivity contribution in [3.05, 3.63) is 77.1 Å². The molecule has 1 spiro atoms. The number of likely N-dealkylation sites (tertiary alicyclic amines) is 1. The van der Waals surface area contributed by atoms with Gasteiger partial charge in [-0.15, -0.1) is 0 Å². The molecular formula is C31H33F3N2O5. The van der Waals surface area contributed by atoms with Gasteiger partial charge in [0.1, 0.15) is 18.2 Å². The minimum Gasteiger partial charge on any atom is -0.494 e. The Labute approximate surface area is 236 Å². The Kier molecular flexibility index (Phi) is 8.51. The molecule has 2 aromatic carbocycles. The molecule has 2 saturated heterocycles. The second-order valence-electron chi connectivity index (χ2n) is 10.7. The first-order chi connectivity index (χ1) is 19.7. The summed E-state index contributed by atoms with van der Waals surface area (Å²) in [5.41, 5.74) is 2.10. The van der Waals surface area contributed by atoms with E-state index in [1.165, 1.54) is 0 Å². The predicted molar refractivity (Wildman–Crippen MR) is 148 cm³/mol. The van der Waals surface area contributed by atoms with E-state index in [9.17, 15) is 22.8 Å². The van der Waals surface area contributed by atoms with E-state index in [1.807, 2.05) is 13.0 Å². The largest absolute Gasteiger partial charge is 0.494 e. The Hall–Kier alpha value is -3.63. The van der Waals surface area contributed by atoms with Gasteiger partial charge < -0.3 is 19.5 Å². The topological polar surface area (TPSA) is 79.3 Å². The number of carbonyl (C=O) groups excluding carboxylic acids is 1. The Morgan fingerprint density at radius 2 is 1.80 bits per heavy atom. The fourth-order valence-corrected chi connectivity index (χ4v) is 5.67. The van der Waals surface area contributed by atoms with Crippen LogP contribution in [0.15, 0.2) is 60.4 Å². The molecule has 41 heavy (non-hydrogen) atoms. The summed E-state index contributed by atoms with van der Waals surface area (Å²) in [4.78, 5) is 27.6. The molecule has 5 rings (SSSR count). The first-order valence-corrected chi connectivity index (χ1v) is 13.8. The van der Waals surface area contributed by atoms with E-state index >= 15 is 0 Å². The third-order valence-corrected chi connectivity index (χ3v) is 7.88. The van der Waals surface area contributed by atoms with Gasteiger partial charge in [0, 0.05) is 30.9 Å². The van der Waals surface area contributed by atoms with Crippen molar-refractivity contribution in [3.8, 4) is 5.75 Å². The molecule has 0 saturated carbocycles. The first-order valence-electron chi connectivity index (χ1n) is 13.8. The lowest BCUT2D eigenvalue weighted by Gasteiger charge is -2.47. The van der Waals surface area contributed by atoms with Crippen molar-refractivity contribution in [2.75, 3.05) is 37.7 Å². The number of hydrogen-bond acceptors (Lipinski definition) is 5. The number of alkyl halides is 2. The smallest absolute Gasteiger partial charge is 0.307 e. The summed E-state index contributed by atoms with van der Waals surface area (Å²) in [6.45, 7) is 4.39. The molecule has 1 N–H and O–H groups in total. The second-order valence-corrected chi connectivity index (χ2v) is 10.7. The number of rotatable bonds is 8. The maximum absolute atomic E-state index is 14.8. The van der Waals surface area contributed by atoms with Gasteiger partial charge in [-0.25, -0.2) is 13.2 Å². The molecule has 1 aliphatic carbocycles. The van der Waals surface area contributed by atoms with E-state index in [4.69, 9.17) is 14.6 Å². The molecule has 2 fully saturated rings. The average Bonchev–Trinajstić information content (AvgIpc) is 2.94. The number of allylic oxidation sites excluding steroid dienone is 4. The minimum absolute atomic E-state index is 0.0390. The van der Waals surface area contributed by atoms with E-state index in [0.717, 1.165) is 11.6 Å². The Morgan fingerprint density at radius 3 is 2.49 bits per heavy atom. The summed E-state index contributed by atoms with van der Waals surface area (Å²) in [6.07, 6.45) is -1.02. The highest BCUT2D eigenvalue weighted by Gasteiger charge is 2.43. The number of carboxylic acid groups (broad SMARTS) is 1. The molecule has 7 nitrogen and oxygen atoms in total. The summed E-state index contributed by atoms with van der Waals surface area (Å²) in [6, 6.07) is 12.2. The molecular weight excluding hydrogens is 537 g/mol. The summed E-state index contributed by atoms with van der Waals surface area (Å²) in [7, 11) is 0. The molecule has 2 aromatic rings. The van der Waals surface area contributed by atoms with Crippen molar-refractivity contribution >= 4 is 23.1 Å². The van der Waals surface area contributed by atoms with Crippen LogP contribution in [-0.2, 0) is 27.3 Å². The maximum atomic E-state index is 14.8. The van der Waals surface area contributed by atoms with Gasteiger partial charge in [0.05, 0.1) is 25.2 Å². The van der Waals surface area contributed by atoms with Gasteiger partial charge in [-0.1, -0.05) is 18.2 Å². The zero-order chi connectivity index (χ0) is 29.1. The van der Waals surface area contributed by atoms with Crippen molar-refractivity contribution in [1.29, 1.82) is 0 Å². The summed E-state index contributed by atoms with van der Waals surface area (Å²) < 4.78 is 54.4. The van der Waals surface area contributed by atoms with Crippen LogP contribution in [-0.4, -0.2) is 72.7 Å². The van der Waals surface area contributed by atoms with Crippen molar-refractivity contribution in [3.63, 3.8) is 0 Å². The molecule has 2 heterocycles. The zero-order valence-corrected chi connectivity index (χ0v) is 22.8. The highest BCUT2D eigenvalue weighted by atomic mass is 19.2. The van der Waals surface area contributed by atoms with Gasteiger partial charge in [0.15, 0.2) is 12.3 Å². The first kappa shape index (κ1) is 28.9. The fourth-order valence-electron chi connectivity index (χ4n) is 5.67. The third kappa shape index (κ3) is 6.49. The van der Waals surface area contributed by atoms with Crippen LogP contribution in [0.3, 0.4) is 0 Å². The quantitative estimate of drug-likeness (QED) is 0.480. The number of amides is 1. The molecule has 3 aliphatic rings. The second kappa shape index (κ2) is 12.1. The van der Waals surface area contributed by atoms with Crippen LogP contribution in [0.4, 0.5) is 18.9 Å². The monoisotopic (exact) mass is 570 g/mol. The zero-order valence-electron chi connectivity index (χ0n) is 22.8. The third-order valence-electron chi connectivity index (χ3n) is 7.88. The van der Waals surface area contributed by atoms with Gasteiger partial charge in [-0.05, 0) is 72.9 Å². The lowest BCUT2D eigenvalue weighted by molar-refractivity contribution is -0.145. The van der Waals surface area contributed by atoms with Crippen LogP contribution < -0.4 is 9.64 Å². The molecule has 0 aromatic heterocycles. The number of nitrogens with zero attached hydrogens (tertiary/aromatic N) is 2. The molecule has 0 bridgehead atoms. The van der Waals surface area contributed by atoms with Gasteiger partial charge >= 0.3 is 5.97 Å². The molecule has 2 unspecified atom stereocenters. The molecule has 10 heteroatoms. The van der Waals surface area contributed by atoms with Crippen LogP contribution in [0.5, 0.6) is 5.75 Å².